The molecule has 0 spiro atoms. The number of hydrogen-bond donors (Lipinski definition) is 0. The van der Waals surface area contributed by atoms with Gasteiger partial charge in [-0.05, 0) is 24.6 Å². The molecule has 17 heavy (non-hydrogen) atoms. The highest BCUT2D eigenvalue weighted by molar-refractivity contribution is 5.27. The molecule has 0 aliphatic rings. The Bertz CT molecular complexity index is 304. The van der Waals surface area contributed by atoms with Crippen molar-refractivity contribution in [2.75, 3.05) is 39.7 Å². The Kier molecular flexibility index (Phi) is 7.34. The molecule has 0 amide bonds. The Morgan fingerprint density at radius 1 is 1.00 bits per heavy atom. The van der Waals surface area contributed by atoms with E-state index < -0.39 is 6.67 Å². The van der Waals surface area contributed by atoms with Crippen LogP contribution in [0.15, 0.2) is 24.3 Å². The fourth-order valence-electron chi connectivity index (χ4n) is 1.30. The summed E-state index contributed by atoms with van der Waals surface area (Å²) in [6, 6.07) is 7.86. The Morgan fingerprint density at radius 3 is 2.41 bits per heavy atom. The minimum absolute atomic E-state index is 0.142. The molecule has 0 aromatic heterocycles. The first kappa shape index (κ1) is 13.9. The number of ether oxygens (including phenoxy) is 3. The molecule has 1 aromatic carbocycles. The molecule has 3 nitrogen and oxygen atoms in total. The van der Waals surface area contributed by atoms with Crippen molar-refractivity contribution >= 4 is 0 Å². The summed E-state index contributed by atoms with van der Waals surface area (Å²) in [5, 5.41) is 0. The van der Waals surface area contributed by atoms with E-state index in [1.54, 1.807) is 0 Å². The number of aryl methyl sites for hydroxylation is 1. The Balaban J connectivity index is 1.97. The predicted molar refractivity (Wildman–Crippen MR) is 64.3 cm³/mol. The summed E-state index contributed by atoms with van der Waals surface area (Å²) in [5.74, 6) is 0.849. The topological polar surface area (TPSA) is 27.7 Å². The molecule has 0 saturated carbocycles. The van der Waals surface area contributed by atoms with E-state index in [0.29, 0.717) is 26.4 Å². The minimum atomic E-state index is -0.448. The lowest BCUT2D eigenvalue weighted by molar-refractivity contribution is 0.0325. The van der Waals surface area contributed by atoms with Crippen LogP contribution in [0.1, 0.15) is 5.56 Å². The average Bonchev–Trinajstić information content (AvgIpc) is 2.33. The fourth-order valence-corrected chi connectivity index (χ4v) is 1.30. The van der Waals surface area contributed by atoms with Gasteiger partial charge in [0, 0.05) is 0 Å². The van der Waals surface area contributed by atoms with Crippen molar-refractivity contribution in [2.45, 2.75) is 6.92 Å². The molecule has 0 aliphatic heterocycles. The van der Waals surface area contributed by atoms with Gasteiger partial charge in [-0.1, -0.05) is 12.1 Å². The van der Waals surface area contributed by atoms with E-state index in [1.165, 1.54) is 5.56 Å². The van der Waals surface area contributed by atoms with Crippen LogP contribution in [0.2, 0.25) is 0 Å². The van der Waals surface area contributed by atoms with Crippen molar-refractivity contribution in [3.8, 4) is 5.75 Å². The maximum absolute atomic E-state index is 11.7. The molecule has 0 unspecified atom stereocenters. The molecule has 1 rings (SSSR count). The van der Waals surface area contributed by atoms with E-state index in [-0.39, 0.29) is 6.61 Å². The summed E-state index contributed by atoms with van der Waals surface area (Å²) in [7, 11) is 0. The zero-order chi connectivity index (χ0) is 12.3. The van der Waals surface area contributed by atoms with Gasteiger partial charge in [-0.3, -0.25) is 0 Å². The van der Waals surface area contributed by atoms with Crippen LogP contribution in [0.4, 0.5) is 4.39 Å². The number of benzene rings is 1. The van der Waals surface area contributed by atoms with Crippen molar-refractivity contribution in [2.24, 2.45) is 0 Å². The van der Waals surface area contributed by atoms with Crippen LogP contribution in [-0.4, -0.2) is 39.7 Å². The third-order valence-electron chi connectivity index (χ3n) is 2.08. The molecule has 0 atom stereocenters. The minimum Gasteiger partial charge on any atom is -0.491 e. The predicted octanol–water partition coefficient (Wildman–Crippen LogP) is 2.38. The lowest BCUT2D eigenvalue weighted by Gasteiger charge is -2.07. The molecule has 1 aromatic rings. The molecular formula is C13H19FO3. The summed E-state index contributed by atoms with van der Waals surface area (Å²) in [6.45, 7) is 3.62. The number of halogens is 1. The molecule has 96 valence electrons. The SMILES string of the molecule is Cc1cccc(OCCOCCOCCF)c1. The van der Waals surface area contributed by atoms with Gasteiger partial charge in [-0.2, -0.15) is 0 Å². The van der Waals surface area contributed by atoms with Crippen LogP contribution >= 0.6 is 0 Å². The quantitative estimate of drug-likeness (QED) is 0.622. The molecule has 0 radical (unpaired) electrons. The van der Waals surface area contributed by atoms with Crippen LogP contribution in [0.25, 0.3) is 0 Å². The summed E-state index contributed by atoms with van der Waals surface area (Å²) >= 11 is 0. The van der Waals surface area contributed by atoms with E-state index in [9.17, 15) is 4.39 Å². The molecule has 0 N–H and O–H groups in total. The van der Waals surface area contributed by atoms with E-state index in [1.807, 2.05) is 31.2 Å². The van der Waals surface area contributed by atoms with Gasteiger partial charge in [0.1, 0.15) is 19.0 Å². The smallest absolute Gasteiger partial charge is 0.119 e. The number of rotatable bonds is 9. The van der Waals surface area contributed by atoms with Crippen molar-refractivity contribution < 1.29 is 18.6 Å². The van der Waals surface area contributed by atoms with Gasteiger partial charge >= 0.3 is 0 Å². The highest BCUT2D eigenvalue weighted by Crippen LogP contribution is 2.11. The number of hydrogen-bond acceptors (Lipinski definition) is 3. The second-order valence-electron chi connectivity index (χ2n) is 3.58. The van der Waals surface area contributed by atoms with Gasteiger partial charge in [0.05, 0.1) is 26.4 Å². The van der Waals surface area contributed by atoms with Crippen LogP contribution in [0.3, 0.4) is 0 Å². The van der Waals surface area contributed by atoms with E-state index >= 15 is 0 Å². The zero-order valence-corrected chi connectivity index (χ0v) is 10.2. The van der Waals surface area contributed by atoms with Crippen LogP contribution in [0.5, 0.6) is 5.75 Å². The molecule has 0 aliphatic carbocycles. The van der Waals surface area contributed by atoms with Crippen molar-refractivity contribution in [1.29, 1.82) is 0 Å². The summed E-state index contributed by atoms with van der Waals surface area (Å²) < 4.78 is 27.3. The zero-order valence-electron chi connectivity index (χ0n) is 10.2. The molecular weight excluding hydrogens is 223 g/mol. The molecule has 0 bridgehead atoms. The summed E-state index contributed by atoms with van der Waals surface area (Å²) in [6.07, 6.45) is 0. The van der Waals surface area contributed by atoms with Gasteiger partial charge in [-0.25, -0.2) is 4.39 Å². The van der Waals surface area contributed by atoms with E-state index in [0.717, 1.165) is 5.75 Å². The Hall–Kier alpha value is -1.13. The maximum Gasteiger partial charge on any atom is 0.119 e. The average molecular weight is 242 g/mol. The Morgan fingerprint density at radius 2 is 1.71 bits per heavy atom. The highest BCUT2D eigenvalue weighted by atomic mass is 19.1. The van der Waals surface area contributed by atoms with Gasteiger partial charge in [-0.15, -0.1) is 0 Å². The van der Waals surface area contributed by atoms with Gasteiger partial charge in [0.2, 0.25) is 0 Å². The number of alkyl halides is 1. The summed E-state index contributed by atoms with van der Waals surface area (Å²) in [5.41, 5.74) is 1.17. The Labute approximate surface area is 101 Å². The second-order valence-corrected chi connectivity index (χ2v) is 3.58. The third-order valence-corrected chi connectivity index (χ3v) is 2.08. The summed E-state index contributed by atoms with van der Waals surface area (Å²) in [4.78, 5) is 0. The lowest BCUT2D eigenvalue weighted by atomic mass is 10.2. The molecule has 0 fully saturated rings. The van der Waals surface area contributed by atoms with Crippen molar-refractivity contribution in [3.63, 3.8) is 0 Å². The van der Waals surface area contributed by atoms with Gasteiger partial charge in [0.15, 0.2) is 0 Å². The molecule has 4 heteroatoms. The first-order chi connectivity index (χ1) is 8.33. The van der Waals surface area contributed by atoms with Crippen LogP contribution in [-0.2, 0) is 9.47 Å². The first-order valence-corrected chi connectivity index (χ1v) is 5.74. The lowest BCUT2D eigenvalue weighted by Crippen LogP contribution is -2.11. The largest absolute Gasteiger partial charge is 0.491 e. The van der Waals surface area contributed by atoms with E-state index in [4.69, 9.17) is 14.2 Å². The van der Waals surface area contributed by atoms with Crippen molar-refractivity contribution in [3.05, 3.63) is 29.8 Å². The fraction of sp³-hybridized carbons (Fsp3) is 0.538. The van der Waals surface area contributed by atoms with Crippen molar-refractivity contribution in [1.82, 2.24) is 0 Å². The van der Waals surface area contributed by atoms with Crippen LogP contribution < -0.4 is 4.74 Å². The second kappa shape index (κ2) is 8.96. The third kappa shape index (κ3) is 6.92. The van der Waals surface area contributed by atoms with Gasteiger partial charge < -0.3 is 14.2 Å². The normalized spacial score (nSPS) is 10.5. The van der Waals surface area contributed by atoms with Gasteiger partial charge in [0.25, 0.3) is 0 Å². The monoisotopic (exact) mass is 242 g/mol. The highest BCUT2D eigenvalue weighted by Gasteiger charge is 1.94. The van der Waals surface area contributed by atoms with E-state index in [2.05, 4.69) is 0 Å². The first-order valence-electron chi connectivity index (χ1n) is 5.74. The van der Waals surface area contributed by atoms with Crippen LogP contribution in [0, 0.1) is 6.92 Å². The maximum atomic E-state index is 11.7. The standard InChI is InChI=1S/C13H19FO3/c1-12-3-2-4-13(11-12)17-10-9-16-8-7-15-6-5-14/h2-4,11H,5-10H2,1H3. The molecule has 0 heterocycles. The molecule has 0 saturated heterocycles.